The van der Waals surface area contributed by atoms with Crippen LogP contribution in [-0.4, -0.2) is 34.1 Å². The van der Waals surface area contributed by atoms with Gasteiger partial charge in [-0.1, -0.05) is 23.2 Å². The van der Waals surface area contributed by atoms with Crippen molar-refractivity contribution in [3.05, 3.63) is 40.1 Å². The van der Waals surface area contributed by atoms with Gasteiger partial charge in [-0.05, 0) is 19.1 Å². The first-order valence-corrected chi connectivity index (χ1v) is 7.21. The van der Waals surface area contributed by atoms with E-state index in [-0.39, 0.29) is 6.61 Å². The molecule has 0 bridgehead atoms. The number of ether oxygens (including phenoxy) is 1. The summed E-state index contributed by atoms with van der Waals surface area (Å²) in [6.07, 6.45) is 1.18. The highest BCUT2D eigenvalue weighted by Crippen LogP contribution is 2.27. The van der Waals surface area contributed by atoms with Gasteiger partial charge in [-0.25, -0.2) is 0 Å². The van der Waals surface area contributed by atoms with Crippen molar-refractivity contribution in [3.8, 4) is 5.75 Å². The molecule has 0 radical (unpaired) electrons. The standard InChI is InChI=1S/C14H17Cl2N3O2/c1-9-13(7-19(2)18-9)17-6-11(20)8-21-14-5-10(15)3-4-12(14)16/h3-5,7,11,17,20H,6,8H2,1-2H3. The first kappa shape index (κ1) is 15.9. The van der Waals surface area contributed by atoms with E-state index >= 15 is 0 Å². The lowest BCUT2D eigenvalue weighted by Gasteiger charge is -2.14. The van der Waals surface area contributed by atoms with E-state index in [1.807, 2.05) is 20.2 Å². The van der Waals surface area contributed by atoms with E-state index in [0.29, 0.717) is 22.3 Å². The fraction of sp³-hybridized carbons (Fsp3) is 0.357. The summed E-state index contributed by atoms with van der Waals surface area (Å²) < 4.78 is 7.19. The second-order valence-electron chi connectivity index (χ2n) is 4.72. The Bertz CT molecular complexity index is 616. The van der Waals surface area contributed by atoms with Crippen LogP contribution in [-0.2, 0) is 7.05 Å². The van der Waals surface area contributed by atoms with Gasteiger partial charge in [0.05, 0.1) is 16.4 Å². The molecular formula is C14H17Cl2N3O2. The third-order valence-electron chi connectivity index (χ3n) is 2.87. The Hall–Kier alpha value is -1.43. The lowest BCUT2D eigenvalue weighted by Crippen LogP contribution is -2.26. The summed E-state index contributed by atoms with van der Waals surface area (Å²) in [4.78, 5) is 0. The fourth-order valence-electron chi connectivity index (χ4n) is 1.83. The largest absolute Gasteiger partial charge is 0.489 e. The number of aromatic nitrogens is 2. The van der Waals surface area contributed by atoms with Crippen LogP contribution < -0.4 is 10.1 Å². The number of nitrogens with one attached hydrogen (secondary N) is 1. The number of aliphatic hydroxyl groups excluding tert-OH is 1. The molecule has 0 fully saturated rings. The van der Waals surface area contributed by atoms with Crippen LogP contribution in [0.1, 0.15) is 5.69 Å². The first-order chi connectivity index (χ1) is 9.95. The summed E-state index contributed by atoms with van der Waals surface area (Å²) in [6.45, 7) is 2.37. The van der Waals surface area contributed by atoms with Gasteiger partial charge in [0.25, 0.3) is 0 Å². The molecule has 0 amide bonds. The molecule has 5 nitrogen and oxygen atoms in total. The van der Waals surface area contributed by atoms with Gasteiger partial charge in [0.15, 0.2) is 0 Å². The van der Waals surface area contributed by atoms with E-state index in [2.05, 4.69) is 10.4 Å². The van der Waals surface area contributed by atoms with Crippen molar-refractivity contribution in [2.75, 3.05) is 18.5 Å². The van der Waals surface area contributed by atoms with Crippen molar-refractivity contribution < 1.29 is 9.84 Å². The lowest BCUT2D eigenvalue weighted by atomic mass is 10.3. The van der Waals surface area contributed by atoms with E-state index in [0.717, 1.165) is 11.4 Å². The molecule has 0 spiro atoms. The van der Waals surface area contributed by atoms with Crippen LogP contribution in [0.2, 0.25) is 10.0 Å². The molecule has 0 saturated heterocycles. The Morgan fingerprint density at radius 1 is 1.43 bits per heavy atom. The van der Waals surface area contributed by atoms with Gasteiger partial charge >= 0.3 is 0 Å². The Labute approximate surface area is 133 Å². The molecule has 1 heterocycles. The average Bonchev–Trinajstić information content (AvgIpc) is 2.75. The molecule has 2 N–H and O–H groups in total. The molecular weight excluding hydrogens is 313 g/mol. The van der Waals surface area contributed by atoms with Crippen molar-refractivity contribution in [2.24, 2.45) is 7.05 Å². The molecule has 1 aromatic carbocycles. The first-order valence-electron chi connectivity index (χ1n) is 6.45. The van der Waals surface area contributed by atoms with Gasteiger partial charge in [-0.2, -0.15) is 5.10 Å². The number of anilines is 1. The topological polar surface area (TPSA) is 59.3 Å². The molecule has 21 heavy (non-hydrogen) atoms. The number of aliphatic hydroxyl groups is 1. The molecule has 1 unspecified atom stereocenters. The number of nitrogens with zero attached hydrogens (tertiary/aromatic N) is 2. The molecule has 2 rings (SSSR count). The number of halogens is 2. The minimum absolute atomic E-state index is 0.117. The van der Waals surface area contributed by atoms with Crippen molar-refractivity contribution in [3.63, 3.8) is 0 Å². The number of hydrogen-bond donors (Lipinski definition) is 2. The molecule has 1 aromatic heterocycles. The summed E-state index contributed by atoms with van der Waals surface area (Å²) in [5.74, 6) is 0.459. The van der Waals surface area contributed by atoms with Gasteiger partial charge in [0, 0.05) is 30.9 Å². The zero-order chi connectivity index (χ0) is 15.4. The smallest absolute Gasteiger partial charge is 0.139 e. The van der Waals surface area contributed by atoms with Crippen LogP contribution >= 0.6 is 23.2 Å². The minimum atomic E-state index is -0.681. The van der Waals surface area contributed by atoms with Gasteiger partial charge in [0.2, 0.25) is 0 Å². The maximum Gasteiger partial charge on any atom is 0.139 e. The van der Waals surface area contributed by atoms with Gasteiger partial charge in [-0.15, -0.1) is 0 Å². The third-order valence-corrected chi connectivity index (χ3v) is 3.41. The summed E-state index contributed by atoms with van der Waals surface area (Å²) in [5.41, 5.74) is 1.76. The van der Waals surface area contributed by atoms with Crippen LogP contribution in [0, 0.1) is 6.92 Å². The molecule has 0 aliphatic rings. The third kappa shape index (κ3) is 4.52. The molecule has 2 aromatic rings. The van der Waals surface area contributed by atoms with Crippen LogP contribution in [0.5, 0.6) is 5.75 Å². The predicted octanol–water partition coefficient (Wildman–Crippen LogP) is 2.89. The highest BCUT2D eigenvalue weighted by molar-refractivity contribution is 6.34. The van der Waals surface area contributed by atoms with Crippen LogP contribution in [0.3, 0.4) is 0 Å². The quantitative estimate of drug-likeness (QED) is 0.855. The normalized spacial score (nSPS) is 12.2. The second kappa shape index (κ2) is 7.02. The Morgan fingerprint density at radius 2 is 2.19 bits per heavy atom. The zero-order valence-electron chi connectivity index (χ0n) is 11.8. The van der Waals surface area contributed by atoms with Crippen molar-refractivity contribution in [1.82, 2.24) is 9.78 Å². The van der Waals surface area contributed by atoms with E-state index in [4.69, 9.17) is 27.9 Å². The molecule has 0 aliphatic carbocycles. The lowest BCUT2D eigenvalue weighted by molar-refractivity contribution is 0.117. The second-order valence-corrected chi connectivity index (χ2v) is 5.57. The SMILES string of the molecule is Cc1nn(C)cc1NCC(O)COc1cc(Cl)ccc1Cl. The molecule has 0 saturated carbocycles. The summed E-state index contributed by atoms with van der Waals surface area (Å²) >= 11 is 11.9. The summed E-state index contributed by atoms with van der Waals surface area (Å²) in [7, 11) is 1.85. The van der Waals surface area contributed by atoms with E-state index < -0.39 is 6.10 Å². The van der Waals surface area contributed by atoms with Gasteiger partial charge in [-0.3, -0.25) is 4.68 Å². The zero-order valence-corrected chi connectivity index (χ0v) is 13.3. The fourth-order valence-corrected chi connectivity index (χ4v) is 2.17. The van der Waals surface area contributed by atoms with Crippen LogP contribution in [0.4, 0.5) is 5.69 Å². The number of hydrogen-bond acceptors (Lipinski definition) is 4. The predicted molar refractivity (Wildman–Crippen MR) is 84.4 cm³/mol. The van der Waals surface area contributed by atoms with E-state index in [1.54, 1.807) is 22.9 Å². The number of rotatable bonds is 6. The maximum absolute atomic E-state index is 9.94. The van der Waals surface area contributed by atoms with E-state index in [1.165, 1.54) is 0 Å². The molecule has 0 aliphatic heterocycles. The van der Waals surface area contributed by atoms with Crippen LogP contribution in [0.25, 0.3) is 0 Å². The van der Waals surface area contributed by atoms with E-state index in [9.17, 15) is 5.11 Å². The highest BCUT2D eigenvalue weighted by Gasteiger charge is 2.10. The van der Waals surface area contributed by atoms with Crippen LogP contribution in [0.15, 0.2) is 24.4 Å². The Kier molecular flexibility index (Phi) is 5.33. The Balaban J connectivity index is 1.83. The van der Waals surface area contributed by atoms with Crippen molar-refractivity contribution >= 4 is 28.9 Å². The van der Waals surface area contributed by atoms with Crippen molar-refractivity contribution in [2.45, 2.75) is 13.0 Å². The van der Waals surface area contributed by atoms with Gasteiger partial charge in [0.1, 0.15) is 18.5 Å². The highest BCUT2D eigenvalue weighted by atomic mass is 35.5. The summed E-state index contributed by atoms with van der Waals surface area (Å²) in [5, 5.41) is 18.3. The molecule has 1 atom stereocenters. The average molecular weight is 330 g/mol. The maximum atomic E-state index is 9.94. The summed E-state index contributed by atoms with van der Waals surface area (Å²) in [6, 6.07) is 4.96. The molecule has 114 valence electrons. The number of benzene rings is 1. The Morgan fingerprint density at radius 3 is 2.86 bits per heavy atom. The van der Waals surface area contributed by atoms with Crippen molar-refractivity contribution in [1.29, 1.82) is 0 Å². The number of aryl methyl sites for hydroxylation is 2. The van der Waals surface area contributed by atoms with Gasteiger partial charge < -0.3 is 15.2 Å². The monoisotopic (exact) mass is 329 g/mol. The molecule has 7 heteroatoms. The minimum Gasteiger partial charge on any atom is -0.489 e.